The summed E-state index contributed by atoms with van der Waals surface area (Å²) in [6, 6.07) is 7.08. The number of fused-ring (bicyclic) bond motifs is 1. The van der Waals surface area contributed by atoms with Crippen LogP contribution in [-0.4, -0.2) is 21.2 Å². The summed E-state index contributed by atoms with van der Waals surface area (Å²) >= 11 is 0. The number of amides is 1. The van der Waals surface area contributed by atoms with E-state index < -0.39 is 6.09 Å². The Morgan fingerprint density at radius 1 is 1.62 bits per heavy atom. The lowest BCUT2D eigenvalue weighted by atomic mass is 10.2. The minimum Gasteiger partial charge on any atom is -0.465 e. The van der Waals surface area contributed by atoms with Gasteiger partial charge in [0.1, 0.15) is 5.82 Å². The molecule has 80 valence electrons. The standard InChI is InChI=1S/C10H8N4O2/c11-4-6-1-2-7-8(3-6)14-9(13-7)5-12-10(15)16/h1-3,12H,5H2,(H,13,14)(H,15,16). The van der Waals surface area contributed by atoms with Crippen LogP contribution in [0.3, 0.4) is 0 Å². The monoisotopic (exact) mass is 216 g/mol. The van der Waals surface area contributed by atoms with Crippen molar-refractivity contribution in [2.75, 3.05) is 0 Å². The average Bonchev–Trinajstić information content (AvgIpc) is 2.67. The zero-order valence-electron chi connectivity index (χ0n) is 8.19. The first-order valence-corrected chi connectivity index (χ1v) is 4.54. The number of nitrogens with zero attached hydrogens (tertiary/aromatic N) is 2. The third kappa shape index (κ3) is 1.93. The van der Waals surface area contributed by atoms with Gasteiger partial charge in [-0.2, -0.15) is 5.26 Å². The van der Waals surface area contributed by atoms with Crippen molar-refractivity contribution < 1.29 is 9.90 Å². The van der Waals surface area contributed by atoms with Crippen LogP contribution in [0.1, 0.15) is 11.4 Å². The molecule has 6 nitrogen and oxygen atoms in total. The summed E-state index contributed by atoms with van der Waals surface area (Å²) in [5.41, 5.74) is 1.96. The van der Waals surface area contributed by atoms with Crippen molar-refractivity contribution in [2.45, 2.75) is 6.54 Å². The maximum Gasteiger partial charge on any atom is 0.405 e. The largest absolute Gasteiger partial charge is 0.465 e. The summed E-state index contributed by atoms with van der Waals surface area (Å²) < 4.78 is 0. The van der Waals surface area contributed by atoms with Gasteiger partial charge in [-0.05, 0) is 18.2 Å². The molecule has 1 aromatic carbocycles. The summed E-state index contributed by atoms with van der Waals surface area (Å²) in [6.45, 7) is 0.117. The second-order valence-corrected chi connectivity index (χ2v) is 3.19. The average molecular weight is 216 g/mol. The molecule has 3 N–H and O–H groups in total. The van der Waals surface area contributed by atoms with Crippen LogP contribution in [0.5, 0.6) is 0 Å². The second kappa shape index (κ2) is 3.90. The van der Waals surface area contributed by atoms with Gasteiger partial charge in [0.2, 0.25) is 0 Å². The summed E-state index contributed by atoms with van der Waals surface area (Å²) in [6.07, 6.45) is -1.10. The molecule has 0 saturated heterocycles. The first-order chi connectivity index (χ1) is 7.69. The Labute approximate surface area is 90.5 Å². The van der Waals surface area contributed by atoms with Gasteiger partial charge in [-0.1, -0.05) is 0 Å². The Hall–Kier alpha value is -2.55. The minimum atomic E-state index is -1.10. The molecule has 0 aliphatic carbocycles. The molecule has 0 aliphatic heterocycles. The van der Waals surface area contributed by atoms with Crippen molar-refractivity contribution >= 4 is 17.1 Å². The molecule has 0 unspecified atom stereocenters. The number of aromatic nitrogens is 2. The zero-order chi connectivity index (χ0) is 11.5. The SMILES string of the molecule is N#Cc1ccc2[nH]c(CNC(=O)O)nc2c1. The highest BCUT2D eigenvalue weighted by Crippen LogP contribution is 2.13. The Morgan fingerprint density at radius 3 is 3.12 bits per heavy atom. The number of hydrogen-bond acceptors (Lipinski definition) is 3. The number of imidazole rings is 1. The Bertz CT molecular complexity index is 582. The van der Waals surface area contributed by atoms with Gasteiger partial charge in [-0.3, -0.25) is 0 Å². The Kier molecular flexibility index (Phi) is 2.44. The number of aromatic amines is 1. The number of carboxylic acid groups (broad SMARTS) is 1. The lowest BCUT2D eigenvalue weighted by Crippen LogP contribution is -2.20. The van der Waals surface area contributed by atoms with E-state index in [1.54, 1.807) is 18.2 Å². The van der Waals surface area contributed by atoms with Gasteiger partial charge in [0.25, 0.3) is 0 Å². The van der Waals surface area contributed by atoms with E-state index in [9.17, 15) is 4.79 Å². The van der Waals surface area contributed by atoms with Gasteiger partial charge in [0.15, 0.2) is 0 Å². The van der Waals surface area contributed by atoms with Crippen molar-refractivity contribution in [2.24, 2.45) is 0 Å². The minimum absolute atomic E-state index is 0.117. The van der Waals surface area contributed by atoms with Crippen LogP contribution in [-0.2, 0) is 6.54 Å². The highest BCUT2D eigenvalue weighted by Gasteiger charge is 2.04. The van der Waals surface area contributed by atoms with E-state index in [0.29, 0.717) is 16.9 Å². The van der Waals surface area contributed by atoms with E-state index in [4.69, 9.17) is 10.4 Å². The van der Waals surface area contributed by atoms with Crippen LogP contribution in [0.2, 0.25) is 0 Å². The van der Waals surface area contributed by atoms with E-state index in [2.05, 4.69) is 15.3 Å². The summed E-state index contributed by atoms with van der Waals surface area (Å²) in [5, 5.41) is 19.3. The van der Waals surface area contributed by atoms with Gasteiger partial charge >= 0.3 is 6.09 Å². The fraction of sp³-hybridized carbons (Fsp3) is 0.100. The third-order valence-corrected chi connectivity index (χ3v) is 2.07. The van der Waals surface area contributed by atoms with E-state index >= 15 is 0 Å². The topological polar surface area (TPSA) is 102 Å². The quantitative estimate of drug-likeness (QED) is 0.701. The van der Waals surface area contributed by atoms with Crippen molar-refractivity contribution in [3.8, 4) is 6.07 Å². The number of benzene rings is 1. The highest BCUT2D eigenvalue weighted by molar-refractivity contribution is 5.76. The van der Waals surface area contributed by atoms with Gasteiger partial charge < -0.3 is 15.4 Å². The van der Waals surface area contributed by atoms with Crippen molar-refractivity contribution in [3.05, 3.63) is 29.6 Å². The molecular weight excluding hydrogens is 208 g/mol. The van der Waals surface area contributed by atoms with E-state index in [1.165, 1.54) is 0 Å². The molecule has 2 rings (SSSR count). The Morgan fingerprint density at radius 2 is 2.44 bits per heavy atom. The first kappa shape index (κ1) is 9.98. The molecule has 1 heterocycles. The lowest BCUT2D eigenvalue weighted by molar-refractivity contribution is 0.193. The van der Waals surface area contributed by atoms with E-state index in [-0.39, 0.29) is 6.54 Å². The van der Waals surface area contributed by atoms with Gasteiger partial charge in [0.05, 0.1) is 29.2 Å². The molecule has 1 aromatic heterocycles. The normalized spacial score (nSPS) is 9.94. The molecule has 1 amide bonds. The maximum absolute atomic E-state index is 10.3. The molecule has 0 spiro atoms. The fourth-order valence-electron chi connectivity index (χ4n) is 1.37. The number of H-pyrrole nitrogens is 1. The van der Waals surface area contributed by atoms with Crippen molar-refractivity contribution in [3.63, 3.8) is 0 Å². The number of nitrogens with one attached hydrogen (secondary N) is 2. The van der Waals surface area contributed by atoms with Gasteiger partial charge in [-0.25, -0.2) is 9.78 Å². The summed E-state index contributed by atoms with van der Waals surface area (Å²) in [5.74, 6) is 0.521. The summed E-state index contributed by atoms with van der Waals surface area (Å²) in [7, 11) is 0. The van der Waals surface area contributed by atoms with Crippen LogP contribution in [0.4, 0.5) is 4.79 Å². The van der Waals surface area contributed by atoms with Crippen molar-refractivity contribution in [1.82, 2.24) is 15.3 Å². The molecule has 2 aromatic rings. The molecule has 6 heteroatoms. The molecule has 0 fully saturated rings. The highest BCUT2D eigenvalue weighted by atomic mass is 16.4. The third-order valence-electron chi connectivity index (χ3n) is 2.07. The van der Waals surface area contributed by atoms with Gasteiger partial charge in [0, 0.05) is 0 Å². The Balaban J connectivity index is 2.30. The molecule has 0 bridgehead atoms. The van der Waals surface area contributed by atoms with Gasteiger partial charge in [-0.15, -0.1) is 0 Å². The van der Waals surface area contributed by atoms with E-state index in [0.717, 1.165) is 5.52 Å². The predicted molar refractivity (Wildman–Crippen MR) is 55.7 cm³/mol. The molecule has 16 heavy (non-hydrogen) atoms. The molecule has 0 atom stereocenters. The van der Waals surface area contributed by atoms with Crippen LogP contribution in [0.15, 0.2) is 18.2 Å². The fourth-order valence-corrected chi connectivity index (χ4v) is 1.37. The van der Waals surface area contributed by atoms with Crippen LogP contribution in [0.25, 0.3) is 11.0 Å². The van der Waals surface area contributed by atoms with Crippen LogP contribution >= 0.6 is 0 Å². The van der Waals surface area contributed by atoms with Crippen LogP contribution in [0, 0.1) is 11.3 Å². The predicted octanol–water partition coefficient (Wildman–Crippen LogP) is 1.20. The van der Waals surface area contributed by atoms with E-state index in [1.807, 2.05) is 6.07 Å². The molecular formula is C10H8N4O2. The lowest BCUT2D eigenvalue weighted by Gasteiger charge is -1.94. The smallest absolute Gasteiger partial charge is 0.405 e. The summed E-state index contributed by atoms with van der Waals surface area (Å²) in [4.78, 5) is 17.4. The molecule has 0 saturated carbocycles. The number of hydrogen-bond donors (Lipinski definition) is 3. The number of carbonyl (C=O) groups is 1. The number of nitriles is 1. The molecule has 0 radical (unpaired) electrons. The zero-order valence-corrected chi connectivity index (χ0v) is 8.19. The maximum atomic E-state index is 10.3. The van der Waals surface area contributed by atoms with Crippen LogP contribution < -0.4 is 5.32 Å². The molecule has 0 aliphatic rings. The second-order valence-electron chi connectivity index (χ2n) is 3.19. The first-order valence-electron chi connectivity index (χ1n) is 4.54. The van der Waals surface area contributed by atoms with Crippen molar-refractivity contribution in [1.29, 1.82) is 5.26 Å². The number of rotatable bonds is 2.